The number of methoxy groups -OCH3 is 3. The van der Waals surface area contributed by atoms with Gasteiger partial charge in [-0.2, -0.15) is 0 Å². The third-order valence-electron chi connectivity index (χ3n) is 5.08. The molecular weight excluding hydrogens is 332 g/mol. The van der Waals surface area contributed by atoms with Crippen LogP contribution in [0.3, 0.4) is 0 Å². The van der Waals surface area contributed by atoms with Crippen molar-refractivity contribution in [1.82, 2.24) is 0 Å². The number of carbonyl (C=O) groups is 1. The average Bonchev–Trinajstić information content (AvgIpc) is 3.06. The van der Waals surface area contributed by atoms with E-state index < -0.39 is 0 Å². The van der Waals surface area contributed by atoms with Crippen molar-refractivity contribution in [2.45, 2.75) is 6.10 Å². The van der Waals surface area contributed by atoms with Crippen molar-refractivity contribution in [2.24, 2.45) is 5.92 Å². The predicted molar refractivity (Wildman–Crippen MR) is 96.2 cm³/mol. The number of ether oxygens (including phenoxy) is 4. The van der Waals surface area contributed by atoms with Crippen LogP contribution in [0, 0.1) is 5.92 Å². The Morgan fingerprint density at radius 3 is 2.50 bits per heavy atom. The standard InChI is InChI=1S/C21H20O5/c1-23-16-9-8-12(10-17(16)24-2)18-13-6-4-5-7-14(13)20(25-3)15-11-26-21(22)19(15)18/h4-10,15,20H,11H2,1-3H3/t15-,20+/m1/s1. The van der Waals surface area contributed by atoms with E-state index in [1.165, 1.54) is 0 Å². The molecule has 134 valence electrons. The van der Waals surface area contributed by atoms with Gasteiger partial charge in [-0.1, -0.05) is 30.3 Å². The predicted octanol–water partition coefficient (Wildman–Crippen LogP) is 3.38. The highest BCUT2D eigenvalue weighted by atomic mass is 16.5. The molecule has 1 fully saturated rings. The normalized spacial score (nSPS) is 21.1. The number of fused-ring (bicyclic) bond motifs is 2. The molecule has 1 heterocycles. The lowest BCUT2D eigenvalue weighted by Gasteiger charge is -2.31. The maximum Gasteiger partial charge on any atom is 0.335 e. The molecule has 2 aromatic carbocycles. The van der Waals surface area contributed by atoms with E-state index >= 15 is 0 Å². The number of hydrogen-bond donors (Lipinski definition) is 0. The molecule has 1 aliphatic carbocycles. The van der Waals surface area contributed by atoms with E-state index in [-0.39, 0.29) is 18.0 Å². The fourth-order valence-corrected chi connectivity index (χ4v) is 3.93. The van der Waals surface area contributed by atoms with Crippen LogP contribution in [0.25, 0.3) is 5.57 Å². The van der Waals surface area contributed by atoms with Crippen LogP contribution in [-0.2, 0) is 14.3 Å². The molecule has 0 unspecified atom stereocenters. The zero-order valence-electron chi connectivity index (χ0n) is 14.9. The average molecular weight is 352 g/mol. The van der Waals surface area contributed by atoms with Crippen LogP contribution in [0.5, 0.6) is 11.5 Å². The Balaban J connectivity index is 1.98. The molecule has 0 aromatic heterocycles. The third-order valence-corrected chi connectivity index (χ3v) is 5.08. The summed E-state index contributed by atoms with van der Waals surface area (Å²) in [4.78, 5) is 12.5. The van der Waals surface area contributed by atoms with Crippen molar-refractivity contribution in [3.8, 4) is 11.5 Å². The molecule has 1 aliphatic heterocycles. The first-order valence-electron chi connectivity index (χ1n) is 8.45. The minimum absolute atomic E-state index is 0.120. The van der Waals surface area contributed by atoms with E-state index in [1.807, 2.05) is 42.5 Å². The number of hydrogen-bond acceptors (Lipinski definition) is 5. The molecule has 2 aromatic rings. The van der Waals surface area contributed by atoms with E-state index in [1.54, 1.807) is 21.3 Å². The number of esters is 1. The Labute approximate surface area is 152 Å². The summed E-state index contributed by atoms with van der Waals surface area (Å²) in [5, 5.41) is 0. The van der Waals surface area contributed by atoms with Gasteiger partial charge in [0, 0.05) is 12.7 Å². The molecule has 4 rings (SSSR count). The second-order valence-corrected chi connectivity index (χ2v) is 6.31. The van der Waals surface area contributed by atoms with Gasteiger partial charge >= 0.3 is 5.97 Å². The summed E-state index contributed by atoms with van der Waals surface area (Å²) in [5.41, 5.74) is 4.48. The second-order valence-electron chi connectivity index (χ2n) is 6.31. The quantitative estimate of drug-likeness (QED) is 0.790. The lowest BCUT2D eigenvalue weighted by molar-refractivity contribution is -0.135. The second kappa shape index (κ2) is 6.50. The highest BCUT2D eigenvalue weighted by molar-refractivity contribution is 6.05. The number of carbonyl (C=O) groups excluding carboxylic acids is 1. The summed E-state index contributed by atoms with van der Waals surface area (Å²) in [7, 11) is 4.87. The number of benzene rings is 2. The monoisotopic (exact) mass is 352 g/mol. The summed E-state index contributed by atoms with van der Waals surface area (Å²) in [6.07, 6.45) is -0.198. The molecule has 0 bridgehead atoms. The SMILES string of the molecule is COc1ccc(C2=C3C(=O)OC[C@H]3[C@@H](OC)c3ccccc32)cc1OC. The van der Waals surface area contributed by atoms with Gasteiger partial charge in [-0.15, -0.1) is 0 Å². The van der Waals surface area contributed by atoms with Crippen LogP contribution in [0.15, 0.2) is 48.0 Å². The van der Waals surface area contributed by atoms with Gasteiger partial charge in [0.05, 0.1) is 31.8 Å². The van der Waals surface area contributed by atoms with E-state index in [4.69, 9.17) is 18.9 Å². The van der Waals surface area contributed by atoms with Crippen LogP contribution in [-0.4, -0.2) is 33.9 Å². The van der Waals surface area contributed by atoms with Crippen LogP contribution in [0.4, 0.5) is 0 Å². The maximum atomic E-state index is 12.5. The van der Waals surface area contributed by atoms with E-state index in [0.29, 0.717) is 23.7 Å². The van der Waals surface area contributed by atoms with Gasteiger partial charge in [-0.3, -0.25) is 0 Å². The molecule has 0 radical (unpaired) electrons. The van der Waals surface area contributed by atoms with E-state index in [2.05, 4.69) is 0 Å². The van der Waals surface area contributed by atoms with Gasteiger partial charge in [-0.25, -0.2) is 4.79 Å². The Morgan fingerprint density at radius 2 is 1.77 bits per heavy atom. The molecule has 0 saturated carbocycles. The third kappa shape index (κ3) is 2.39. The maximum absolute atomic E-state index is 12.5. The minimum Gasteiger partial charge on any atom is -0.493 e. The van der Waals surface area contributed by atoms with Crippen molar-refractivity contribution >= 4 is 11.5 Å². The first-order valence-corrected chi connectivity index (χ1v) is 8.45. The van der Waals surface area contributed by atoms with Crippen LogP contribution < -0.4 is 9.47 Å². The van der Waals surface area contributed by atoms with Crippen LogP contribution in [0.1, 0.15) is 22.8 Å². The van der Waals surface area contributed by atoms with Gasteiger partial charge in [0.2, 0.25) is 0 Å². The lowest BCUT2D eigenvalue weighted by atomic mass is 9.75. The zero-order valence-corrected chi connectivity index (χ0v) is 14.9. The summed E-state index contributed by atoms with van der Waals surface area (Å²) in [6, 6.07) is 13.7. The summed E-state index contributed by atoms with van der Waals surface area (Å²) in [5.74, 6) is 0.862. The van der Waals surface area contributed by atoms with Crippen molar-refractivity contribution in [3.05, 3.63) is 64.7 Å². The molecule has 0 N–H and O–H groups in total. The molecule has 26 heavy (non-hydrogen) atoms. The van der Waals surface area contributed by atoms with Crippen molar-refractivity contribution in [1.29, 1.82) is 0 Å². The summed E-state index contributed by atoms with van der Waals surface area (Å²) >= 11 is 0. The van der Waals surface area contributed by atoms with Crippen LogP contribution in [0.2, 0.25) is 0 Å². The van der Waals surface area contributed by atoms with Gasteiger partial charge in [0.15, 0.2) is 11.5 Å². The molecule has 5 heteroatoms. The van der Waals surface area contributed by atoms with E-state index in [0.717, 1.165) is 22.3 Å². The minimum atomic E-state index is -0.281. The molecule has 1 saturated heterocycles. The molecule has 2 atom stereocenters. The van der Waals surface area contributed by atoms with Gasteiger partial charge in [0.25, 0.3) is 0 Å². The topological polar surface area (TPSA) is 54.0 Å². The van der Waals surface area contributed by atoms with Crippen LogP contribution >= 0.6 is 0 Å². The Morgan fingerprint density at radius 1 is 1.00 bits per heavy atom. The van der Waals surface area contributed by atoms with Gasteiger partial charge < -0.3 is 18.9 Å². The first kappa shape index (κ1) is 16.7. The fraction of sp³-hybridized carbons (Fsp3) is 0.286. The molecule has 5 nitrogen and oxygen atoms in total. The zero-order chi connectivity index (χ0) is 18.3. The molecule has 2 aliphatic rings. The lowest BCUT2D eigenvalue weighted by Crippen LogP contribution is -2.24. The summed E-state index contributed by atoms with van der Waals surface area (Å²) in [6.45, 7) is 0.331. The largest absolute Gasteiger partial charge is 0.493 e. The van der Waals surface area contributed by atoms with Crippen molar-refractivity contribution < 1.29 is 23.7 Å². The van der Waals surface area contributed by atoms with Gasteiger partial charge in [-0.05, 0) is 28.8 Å². The highest BCUT2D eigenvalue weighted by Crippen LogP contribution is 2.49. The van der Waals surface area contributed by atoms with Gasteiger partial charge in [0.1, 0.15) is 6.61 Å². The highest BCUT2D eigenvalue weighted by Gasteiger charge is 2.44. The fourth-order valence-electron chi connectivity index (χ4n) is 3.93. The van der Waals surface area contributed by atoms with E-state index in [9.17, 15) is 4.79 Å². The Hall–Kier alpha value is -2.79. The first-order chi connectivity index (χ1) is 12.7. The van der Waals surface area contributed by atoms with Crippen molar-refractivity contribution in [3.63, 3.8) is 0 Å². The smallest absolute Gasteiger partial charge is 0.335 e. The number of cyclic esters (lactones) is 1. The summed E-state index contributed by atoms with van der Waals surface area (Å²) < 4.78 is 21.9. The Kier molecular flexibility index (Phi) is 4.17. The molecule has 0 spiro atoms. The molecular formula is C21H20O5. The van der Waals surface area contributed by atoms with Crippen molar-refractivity contribution in [2.75, 3.05) is 27.9 Å². The Bertz CT molecular complexity index is 899. The number of rotatable bonds is 4. The molecule has 0 amide bonds.